The molecule has 1 heterocycles. The summed E-state index contributed by atoms with van der Waals surface area (Å²) in [5.41, 5.74) is 0.849. The molecule has 0 saturated heterocycles. The zero-order valence-corrected chi connectivity index (χ0v) is 15.9. The molecule has 26 heavy (non-hydrogen) atoms. The molecule has 0 saturated carbocycles. The van der Waals surface area contributed by atoms with Gasteiger partial charge < -0.3 is 0 Å². The van der Waals surface area contributed by atoms with Crippen LogP contribution in [0, 0.1) is 11.6 Å². The van der Waals surface area contributed by atoms with Crippen LogP contribution in [0.3, 0.4) is 0 Å². The number of halogens is 2. The molecule has 0 atom stereocenters. The molecule has 0 spiro atoms. The predicted molar refractivity (Wildman–Crippen MR) is 94.6 cm³/mol. The van der Waals surface area contributed by atoms with Gasteiger partial charge in [0, 0.05) is 0 Å². The van der Waals surface area contributed by atoms with Crippen molar-refractivity contribution in [1.29, 1.82) is 0 Å². The fraction of sp³-hybridized carbons (Fsp3) is 0.188. The second kappa shape index (κ2) is 6.67. The first-order chi connectivity index (χ1) is 12.1. The Hall–Kier alpha value is -1.91. The SMILES string of the molecule is CCS(=O)(=O)c1nc2ccc(CS(=O)(=O)c3ccc(F)c(F)c3)cc2s1. The Bertz CT molecular complexity index is 1200. The summed E-state index contributed by atoms with van der Waals surface area (Å²) in [6.45, 7) is 1.52. The zero-order valence-electron chi connectivity index (χ0n) is 13.4. The number of fused-ring (bicyclic) bond motifs is 1. The Balaban J connectivity index is 1.96. The standard InChI is InChI=1S/C16H13F2NO4S3/c1-2-25(20,21)16-19-14-6-3-10(7-15(14)24-16)9-26(22,23)11-4-5-12(17)13(18)8-11/h3-8H,2,9H2,1H3. The molecule has 0 aliphatic rings. The van der Waals surface area contributed by atoms with Crippen LogP contribution in [0.5, 0.6) is 0 Å². The summed E-state index contributed by atoms with van der Waals surface area (Å²) in [6, 6.07) is 7.00. The minimum atomic E-state index is -3.89. The van der Waals surface area contributed by atoms with E-state index < -0.39 is 37.1 Å². The summed E-state index contributed by atoms with van der Waals surface area (Å²) < 4.78 is 75.5. The highest BCUT2D eigenvalue weighted by Gasteiger charge is 2.20. The van der Waals surface area contributed by atoms with Gasteiger partial charge in [-0.05, 0) is 35.9 Å². The number of sulfone groups is 2. The Labute approximate surface area is 153 Å². The van der Waals surface area contributed by atoms with Crippen LogP contribution in [0.4, 0.5) is 8.78 Å². The van der Waals surface area contributed by atoms with E-state index in [4.69, 9.17) is 0 Å². The molecule has 0 unspecified atom stereocenters. The van der Waals surface area contributed by atoms with Gasteiger partial charge in [-0.15, -0.1) is 11.3 Å². The Morgan fingerprint density at radius 3 is 2.35 bits per heavy atom. The van der Waals surface area contributed by atoms with E-state index in [2.05, 4.69) is 4.98 Å². The van der Waals surface area contributed by atoms with Gasteiger partial charge in [0.2, 0.25) is 14.2 Å². The van der Waals surface area contributed by atoms with Crippen LogP contribution >= 0.6 is 11.3 Å². The van der Waals surface area contributed by atoms with Gasteiger partial charge in [0.05, 0.1) is 26.6 Å². The normalized spacial score (nSPS) is 12.6. The third kappa shape index (κ3) is 3.62. The van der Waals surface area contributed by atoms with Gasteiger partial charge in [-0.3, -0.25) is 0 Å². The Morgan fingerprint density at radius 2 is 1.69 bits per heavy atom. The molecule has 0 bridgehead atoms. The van der Waals surface area contributed by atoms with Crippen molar-refractivity contribution in [3.8, 4) is 0 Å². The summed E-state index contributed by atoms with van der Waals surface area (Å²) in [5, 5.41) is 0. The monoisotopic (exact) mass is 417 g/mol. The molecule has 0 aliphatic carbocycles. The van der Waals surface area contributed by atoms with Crippen molar-refractivity contribution in [3.05, 3.63) is 53.6 Å². The van der Waals surface area contributed by atoms with Crippen LogP contribution < -0.4 is 0 Å². The van der Waals surface area contributed by atoms with E-state index >= 15 is 0 Å². The number of nitrogens with zero attached hydrogens (tertiary/aromatic N) is 1. The molecule has 3 aromatic rings. The number of hydrogen-bond donors (Lipinski definition) is 0. The molecule has 0 fully saturated rings. The molecular weight excluding hydrogens is 404 g/mol. The van der Waals surface area contributed by atoms with Crippen LogP contribution in [-0.2, 0) is 25.4 Å². The van der Waals surface area contributed by atoms with E-state index in [1.165, 1.54) is 19.1 Å². The second-order valence-corrected chi connectivity index (χ2v) is 11.0. The smallest absolute Gasteiger partial charge is 0.210 e. The van der Waals surface area contributed by atoms with E-state index in [9.17, 15) is 25.6 Å². The summed E-state index contributed by atoms with van der Waals surface area (Å²) in [5.74, 6) is -2.87. The molecule has 10 heteroatoms. The zero-order chi connectivity index (χ0) is 19.1. The maximum absolute atomic E-state index is 13.3. The topological polar surface area (TPSA) is 81.2 Å². The fourth-order valence-corrected chi connectivity index (χ4v) is 5.99. The van der Waals surface area contributed by atoms with Crippen LogP contribution in [0.2, 0.25) is 0 Å². The molecule has 0 aliphatic heterocycles. The van der Waals surface area contributed by atoms with Gasteiger partial charge in [0.1, 0.15) is 0 Å². The van der Waals surface area contributed by atoms with Crippen molar-refractivity contribution in [2.75, 3.05) is 5.75 Å². The summed E-state index contributed by atoms with van der Waals surface area (Å²) in [6.07, 6.45) is 0. The average Bonchev–Trinajstić information content (AvgIpc) is 3.01. The Morgan fingerprint density at radius 1 is 0.962 bits per heavy atom. The van der Waals surface area contributed by atoms with Crippen LogP contribution in [0.15, 0.2) is 45.6 Å². The minimum Gasteiger partial charge on any atom is -0.225 e. The third-order valence-electron chi connectivity index (χ3n) is 3.69. The molecule has 0 N–H and O–H groups in total. The van der Waals surface area contributed by atoms with Crippen molar-refractivity contribution in [3.63, 3.8) is 0 Å². The lowest BCUT2D eigenvalue weighted by atomic mass is 10.2. The maximum atomic E-state index is 13.3. The minimum absolute atomic E-state index is 0.0180. The third-order valence-corrected chi connectivity index (χ3v) is 8.58. The van der Waals surface area contributed by atoms with E-state index in [1.807, 2.05) is 0 Å². The quantitative estimate of drug-likeness (QED) is 0.595. The first kappa shape index (κ1) is 18.9. The van der Waals surface area contributed by atoms with E-state index in [0.29, 0.717) is 21.8 Å². The van der Waals surface area contributed by atoms with E-state index in [1.54, 1.807) is 6.07 Å². The van der Waals surface area contributed by atoms with E-state index in [-0.39, 0.29) is 15.0 Å². The summed E-state index contributed by atoms with van der Waals surface area (Å²) >= 11 is 0.966. The molecule has 2 aromatic carbocycles. The van der Waals surface area contributed by atoms with Gasteiger partial charge in [-0.25, -0.2) is 30.6 Å². The molecule has 0 radical (unpaired) electrons. The molecule has 1 aromatic heterocycles. The van der Waals surface area contributed by atoms with Gasteiger partial charge in [-0.2, -0.15) is 0 Å². The van der Waals surface area contributed by atoms with Crippen molar-refractivity contribution < 1.29 is 25.6 Å². The fourth-order valence-electron chi connectivity index (χ4n) is 2.27. The highest BCUT2D eigenvalue weighted by Crippen LogP contribution is 2.28. The molecule has 5 nitrogen and oxygen atoms in total. The number of hydrogen-bond acceptors (Lipinski definition) is 6. The van der Waals surface area contributed by atoms with E-state index in [0.717, 1.165) is 23.5 Å². The first-order valence-electron chi connectivity index (χ1n) is 7.42. The number of thiazole rings is 1. The predicted octanol–water partition coefficient (Wildman–Crippen LogP) is 3.34. The lowest BCUT2D eigenvalue weighted by Gasteiger charge is -2.05. The van der Waals surface area contributed by atoms with Crippen molar-refractivity contribution in [2.24, 2.45) is 0 Å². The van der Waals surface area contributed by atoms with Gasteiger partial charge in [0.15, 0.2) is 21.5 Å². The number of benzene rings is 2. The highest BCUT2D eigenvalue weighted by molar-refractivity contribution is 7.93. The van der Waals surface area contributed by atoms with Crippen molar-refractivity contribution in [1.82, 2.24) is 4.98 Å². The highest BCUT2D eigenvalue weighted by atomic mass is 32.2. The average molecular weight is 417 g/mol. The Kier molecular flexibility index (Phi) is 4.84. The largest absolute Gasteiger partial charge is 0.225 e. The van der Waals surface area contributed by atoms with Crippen molar-refractivity contribution >= 4 is 41.2 Å². The van der Waals surface area contributed by atoms with Crippen molar-refractivity contribution in [2.45, 2.75) is 21.9 Å². The maximum Gasteiger partial charge on any atom is 0.210 e. The molecule has 3 rings (SSSR count). The number of aromatic nitrogens is 1. The lowest BCUT2D eigenvalue weighted by Crippen LogP contribution is -2.05. The molecule has 0 amide bonds. The summed E-state index contributed by atoms with van der Waals surface area (Å²) in [4.78, 5) is 3.74. The lowest BCUT2D eigenvalue weighted by molar-refractivity contribution is 0.504. The first-order valence-corrected chi connectivity index (χ1v) is 11.5. The second-order valence-electron chi connectivity index (χ2n) is 5.52. The van der Waals surface area contributed by atoms with Gasteiger partial charge in [-0.1, -0.05) is 13.0 Å². The molecular formula is C16H13F2NO4S3. The van der Waals surface area contributed by atoms with Crippen LogP contribution in [0.25, 0.3) is 10.2 Å². The summed E-state index contributed by atoms with van der Waals surface area (Å²) in [7, 11) is -7.34. The number of rotatable bonds is 5. The molecule has 138 valence electrons. The van der Waals surface area contributed by atoms with Gasteiger partial charge in [0.25, 0.3) is 0 Å². The van der Waals surface area contributed by atoms with Crippen LogP contribution in [0.1, 0.15) is 12.5 Å². The van der Waals surface area contributed by atoms with Crippen LogP contribution in [-0.4, -0.2) is 27.6 Å². The van der Waals surface area contributed by atoms with Gasteiger partial charge >= 0.3 is 0 Å².